The third-order valence-corrected chi connectivity index (χ3v) is 3.52. The van der Waals surface area contributed by atoms with Crippen LogP contribution >= 0.6 is 0 Å². The van der Waals surface area contributed by atoms with E-state index in [1.54, 1.807) is 0 Å². The van der Waals surface area contributed by atoms with Crippen molar-refractivity contribution in [3.63, 3.8) is 0 Å². The molecule has 0 aliphatic carbocycles. The summed E-state index contributed by atoms with van der Waals surface area (Å²) in [5.74, 6) is 0.948. The lowest BCUT2D eigenvalue weighted by Gasteiger charge is -2.18. The molecule has 1 aromatic rings. The second-order valence-electron chi connectivity index (χ2n) is 5.23. The minimum Gasteiger partial charge on any atom is -0.492 e. The van der Waals surface area contributed by atoms with Crippen LogP contribution in [0.15, 0.2) is 18.2 Å². The maximum absolute atomic E-state index is 5.97. The number of hydrogen-bond acceptors (Lipinski definition) is 3. The summed E-state index contributed by atoms with van der Waals surface area (Å²) in [5.41, 5.74) is 8.29. The third-order valence-electron chi connectivity index (χ3n) is 3.52. The Labute approximate surface area is 110 Å². The molecule has 0 unspecified atom stereocenters. The van der Waals surface area contributed by atoms with Crippen LogP contribution in [0.25, 0.3) is 0 Å². The summed E-state index contributed by atoms with van der Waals surface area (Å²) >= 11 is 0. The zero-order chi connectivity index (χ0) is 13.0. The molecule has 0 saturated carbocycles. The van der Waals surface area contributed by atoms with Gasteiger partial charge in [-0.05, 0) is 51.4 Å². The molecule has 1 atom stereocenters. The molecule has 2 rings (SSSR count). The van der Waals surface area contributed by atoms with E-state index in [2.05, 4.69) is 30.0 Å². The molecule has 1 saturated heterocycles. The normalized spacial score (nSPS) is 17.9. The lowest BCUT2D eigenvalue weighted by atomic mass is 10.1. The van der Waals surface area contributed by atoms with Gasteiger partial charge in [0.1, 0.15) is 12.4 Å². The number of likely N-dealkylation sites (tertiary alicyclic amines) is 1. The Morgan fingerprint density at radius 2 is 2.06 bits per heavy atom. The topological polar surface area (TPSA) is 38.5 Å². The number of rotatable bonds is 5. The van der Waals surface area contributed by atoms with Crippen molar-refractivity contribution in [2.45, 2.75) is 32.7 Å². The van der Waals surface area contributed by atoms with E-state index in [1.807, 2.05) is 6.92 Å². The van der Waals surface area contributed by atoms with E-state index >= 15 is 0 Å². The molecule has 1 aromatic carbocycles. The van der Waals surface area contributed by atoms with Gasteiger partial charge in [0.25, 0.3) is 0 Å². The second kappa shape index (κ2) is 6.21. The fourth-order valence-corrected chi connectivity index (χ4v) is 2.43. The molecular formula is C15H24N2O. The van der Waals surface area contributed by atoms with E-state index < -0.39 is 0 Å². The summed E-state index contributed by atoms with van der Waals surface area (Å²) in [6, 6.07) is 6.27. The Hall–Kier alpha value is -1.06. The highest BCUT2D eigenvalue weighted by molar-refractivity contribution is 5.38. The lowest BCUT2D eigenvalue weighted by Crippen LogP contribution is -2.25. The first-order valence-electron chi connectivity index (χ1n) is 6.88. The average Bonchev–Trinajstić information content (AvgIpc) is 2.82. The van der Waals surface area contributed by atoms with E-state index in [4.69, 9.17) is 10.5 Å². The standard InChI is InChI=1S/C15H24N2O/c1-12-5-6-14(13(2)16)15(11-12)18-10-9-17-7-3-4-8-17/h5-6,11,13H,3-4,7-10,16H2,1-2H3/t13-/m0/s1. The zero-order valence-electron chi connectivity index (χ0n) is 11.5. The van der Waals surface area contributed by atoms with E-state index in [0.717, 1.165) is 24.5 Å². The number of aryl methyl sites for hydroxylation is 1. The van der Waals surface area contributed by atoms with Crippen molar-refractivity contribution in [2.75, 3.05) is 26.2 Å². The molecule has 100 valence electrons. The minimum absolute atomic E-state index is 0.0207. The molecule has 18 heavy (non-hydrogen) atoms. The summed E-state index contributed by atoms with van der Waals surface area (Å²) in [6.07, 6.45) is 2.66. The Morgan fingerprint density at radius 1 is 1.33 bits per heavy atom. The molecule has 0 spiro atoms. The molecule has 0 aromatic heterocycles. The number of nitrogens with two attached hydrogens (primary N) is 1. The summed E-state index contributed by atoms with van der Waals surface area (Å²) in [6.45, 7) is 8.29. The van der Waals surface area contributed by atoms with Crippen LogP contribution in [0.2, 0.25) is 0 Å². The highest BCUT2D eigenvalue weighted by Crippen LogP contribution is 2.25. The van der Waals surface area contributed by atoms with Gasteiger partial charge in [-0.3, -0.25) is 4.90 Å². The molecule has 0 bridgehead atoms. The van der Waals surface area contributed by atoms with Gasteiger partial charge in [-0.1, -0.05) is 12.1 Å². The first-order chi connectivity index (χ1) is 8.66. The molecule has 3 nitrogen and oxygen atoms in total. The van der Waals surface area contributed by atoms with E-state index in [0.29, 0.717) is 0 Å². The van der Waals surface area contributed by atoms with E-state index in [9.17, 15) is 0 Å². The molecule has 3 heteroatoms. The SMILES string of the molecule is Cc1ccc([C@H](C)N)c(OCCN2CCCC2)c1. The maximum Gasteiger partial charge on any atom is 0.124 e. The van der Waals surface area contributed by atoms with Crippen molar-refractivity contribution < 1.29 is 4.74 Å². The molecular weight excluding hydrogens is 224 g/mol. The molecule has 2 N–H and O–H groups in total. The third kappa shape index (κ3) is 3.47. The zero-order valence-corrected chi connectivity index (χ0v) is 11.5. The smallest absolute Gasteiger partial charge is 0.124 e. The van der Waals surface area contributed by atoms with Gasteiger partial charge in [0.05, 0.1) is 0 Å². The van der Waals surface area contributed by atoms with Crippen LogP contribution in [0.3, 0.4) is 0 Å². The van der Waals surface area contributed by atoms with Crippen LogP contribution in [-0.2, 0) is 0 Å². The average molecular weight is 248 g/mol. The summed E-state index contributed by atoms with van der Waals surface area (Å²) in [4.78, 5) is 2.46. The van der Waals surface area contributed by atoms with Gasteiger partial charge in [0, 0.05) is 18.2 Å². The number of benzene rings is 1. The summed E-state index contributed by atoms with van der Waals surface area (Å²) in [7, 11) is 0. The quantitative estimate of drug-likeness (QED) is 0.870. The van der Waals surface area contributed by atoms with Crippen LogP contribution in [0, 0.1) is 6.92 Å². The molecule has 0 radical (unpaired) electrons. The Bertz CT molecular complexity index is 384. The van der Waals surface area contributed by atoms with Crippen molar-refractivity contribution >= 4 is 0 Å². The van der Waals surface area contributed by atoms with Crippen LogP contribution in [0.1, 0.15) is 36.9 Å². The van der Waals surface area contributed by atoms with Crippen molar-refractivity contribution in [3.8, 4) is 5.75 Å². The fourth-order valence-electron chi connectivity index (χ4n) is 2.43. The highest BCUT2D eigenvalue weighted by atomic mass is 16.5. The van der Waals surface area contributed by atoms with Gasteiger partial charge in [-0.2, -0.15) is 0 Å². The maximum atomic E-state index is 5.97. The number of hydrogen-bond donors (Lipinski definition) is 1. The Kier molecular flexibility index (Phi) is 4.61. The largest absolute Gasteiger partial charge is 0.492 e. The van der Waals surface area contributed by atoms with E-state index in [-0.39, 0.29) is 6.04 Å². The van der Waals surface area contributed by atoms with E-state index in [1.165, 1.54) is 31.5 Å². The summed E-state index contributed by atoms with van der Waals surface area (Å²) in [5, 5.41) is 0. The van der Waals surface area contributed by atoms with Crippen LogP contribution in [0.4, 0.5) is 0 Å². The molecule has 1 aliphatic heterocycles. The Balaban J connectivity index is 1.92. The second-order valence-corrected chi connectivity index (χ2v) is 5.23. The molecule has 1 aliphatic rings. The van der Waals surface area contributed by atoms with Crippen molar-refractivity contribution in [1.82, 2.24) is 4.90 Å². The lowest BCUT2D eigenvalue weighted by molar-refractivity contribution is 0.235. The van der Waals surface area contributed by atoms with Gasteiger partial charge in [0.2, 0.25) is 0 Å². The monoisotopic (exact) mass is 248 g/mol. The predicted octanol–water partition coefficient (Wildman–Crippen LogP) is 2.49. The first kappa shape index (κ1) is 13.4. The van der Waals surface area contributed by atoms with Gasteiger partial charge >= 0.3 is 0 Å². The molecule has 1 heterocycles. The summed E-state index contributed by atoms with van der Waals surface area (Å²) < 4.78 is 5.92. The van der Waals surface area contributed by atoms with Crippen molar-refractivity contribution in [3.05, 3.63) is 29.3 Å². The van der Waals surface area contributed by atoms with Gasteiger partial charge < -0.3 is 10.5 Å². The Morgan fingerprint density at radius 3 is 2.72 bits per heavy atom. The van der Waals surface area contributed by atoms with Crippen LogP contribution < -0.4 is 10.5 Å². The fraction of sp³-hybridized carbons (Fsp3) is 0.600. The molecule has 1 fully saturated rings. The number of ether oxygens (including phenoxy) is 1. The van der Waals surface area contributed by atoms with Crippen LogP contribution in [0.5, 0.6) is 5.75 Å². The first-order valence-corrected chi connectivity index (χ1v) is 6.88. The van der Waals surface area contributed by atoms with Crippen LogP contribution in [-0.4, -0.2) is 31.1 Å². The van der Waals surface area contributed by atoms with Gasteiger partial charge in [-0.15, -0.1) is 0 Å². The highest BCUT2D eigenvalue weighted by Gasteiger charge is 2.12. The van der Waals surface area contributed by atoms with Gasteiger partial charge in [0.15, 0.2) is 0 Å². The number of nitrogens with zero attached hydrogens (tertiary/aromatic N) is 1. The minimum atomic E-state index is 0.0207. The predicted molar refractivity (Wildman–Crippen MR) is 75.0 cm³/mol. The van der Waals surface area contributed by atoms with Crippen molar-refractivity contribution in [1.29, 1.82) is 0 Å². The van der Waals surface area contributed by atoms with Crippen molar-refractivity contribution in [2.24, 2.45) is 5.73 Å². The van der Waals surface area contributed by atoms with Gasteiger partial charge in [-0.25, -0.2) is 0 Å². The molecule has 0 amide bonds.